The van der Waals surface area contributed by atoms with Crippen LogP contribution in [0.1, 0.15) is 26.7 Å². The van der Waals surface area contributed by atoms with Gasteiger partial charge in [-0.2, -0.15) is 0 Å². The van der Waals surface area contributed by atoms with Crippen LogP contribution in [-0.2, 0) is 4.79 Å². The van der Waals surface area contributed by atoms with Gasteiger partial charge in [-0.15, -0.1) is 0 Å². The maximum atomic E-state index is 12.5. The Balaban J connectivity index is 2.01. The molecule has 2 rings (SSSR count). The number of para-hydroxylation sites is 2. The molecule has 1 aliphatic rings. The van der Waals surface area contributed by atoms with E-state index in [-0.39, 0.29) is 11.9 Å². The molecule has 0 spiro atoms. The Bertz CT molecular complexity index is 433. The SMILES string of the molecule is CCCCN(CC)C(=O)C1CNc2ccccc2N1. The molecule has 0 aliphatic carbocycles. The fourth-order valence-electron chi connectivity index (χ4n) is 2.36. The first-order valence-electron chi connectivity index (χ1n) is 7.14. The zero-order valence-corrected chi connectivity index (χ0v) is 11.8. The number of carbonyl (C=O) groups is 1. The molecule has 2 N–H and O–H groups in total. The summed E-state index contributed by atoms with van der Waals surface area (Å²) in [7, 11) is 0. The normalized spacial score (nSPS) is 17.1. The van der Waals surface area contributed by atoms with E-state index in [0.29, 0.717) is 6.54 Å². The van der Waals surface area contributed by atoms with E-state index in [1.165, 1.54) is 0 Å². The van der Waals surface area contributed by atoms with Crippen LogP contribution >= 0.6 is 0 Å². The second-order valence-corrected chi connectivity index (χ2v) is 4.89. The molecule has 0 fully saturated rings. The Morgan fingerprint density at radius 1 is 1.32 bits per heavy atom. The van der Waals surface area contributed by atoms with Gasteiger partial charge in [-0.05, 0) is 25.5 Å². The van der Waals surface area contributed by atoms with Gasteiger partial charge in [0, 0.05) is 19.6 Å². The summed E-state index contributed by atoms with van der Waals surface area (Å²) in [6.45, 7) is 6.47. The summed E-state index contributed by atoms with van der Waals surface area (Å²) in [6, 6.07) is 7.85. The second-order valence-electron chi connectivity index (χ2n) is 4.89. The molecule has 0 bridgehead atoms. The van der Waals surface area contributed by atoms with Crippen molar-refractivity contribution in [3.63, 3.8) is 0 Å². The average Bonchev–Trinajstić information content (AvgIpc) is 2.47. The van der Waals surface area contributed by atoms with Gasteiger partial charge in [-0.25, -0.2) is 0 Å². The van der Waals surface area contributed by atoms with Crippen molar-refractivity contribution < 1.29 is 4.79 Å². The molecule has 1 unspecified atom stereocenters. The average molecular weight is 261 g/mol. The Morgan fingerprint density at radius 2 is 2.05 bits per heavy atom. The molecule has 1 heterocycles. The molecule has 4 nitrogen and oxygen atoms in total. The van der Waals surface area contributed by atoms with Crippen LogP contribution in [0.2, 0.25) is 0 Å². The lowest BCUT2D eigenvalue weighted by molar-refractivity contribution is -0.131. The summed E-state index contributed by atoms with van der Waals surface area (Å²) in [5.41, 5.74) is 2.09. The van der Waals surface area contributed by atoms with Crippen molar-refractivity contribution in [2.45, 2.75) is 32.7 Å². The molecular weight excluding hydrogens is 238 g/mol. The van der Waals surface area contributed by atoms with Crippen molar-refractivity contribution in [1.29, 1.82) is 0 Å². The van der Waals surface area contributed by atoms with Crippen molar-refractivity contribution in [3.05, 3.63) is 24.3 Å². The molecule has 0 aromatic heterocycles. The fourth-order valence-corrected chi connectivity index (χ4v) is 2.36. The van der Waals surface area contributed by atoms with Gasteiger partial charge in [-0.3, -0.25) is 4.79 Å². The third kappa shape index (κ3) is 3.19. The standard InChI is InChI=1S/C15H23N3O/c1-3-5-10-18(4-2)15(19)14-11-16-12-8-6-7-9-13(12)17-14/h6-9,14,16-17H,3-5,10-11H2,1-2H3. The Kier molecular flexibility index (Phi) is 4.66. The number of likely N-dealkylation sites (N-methyl/N-ethyl adjacent to an activating group) is 1. The first-order valence-corrected chi connectivity index (χ1v) is 7.14. The van der Waals surface area contributed by atoms with Crippen LogP contribution in [0.5, 0.6) is 0 Å². The predicted molar refractivity (Wildman–Crippen MR) is 79.5 cm³/mol. The van der Waals surface area contributed by atoms with Gasteiger partial charge in [-0.1, -0.05) is 25.5 Å². The van der Waals surface area contributed by atoms with Crippen LogP contribution in [0, 0.1) is 0 Å². The van der Waals surface area contributed by atoms with Gasteiger partial charge in [0.1, 0.15) is 6.04 Å². The highest BCUT2D eigenvalue weighted by atomic mass is 16.2. The topological polar surface area (TPSA) is 44.4 Å². The van der Waals surface area contributed by atoms with Gasteiger partial charge in [0.25, 0.3) is 0 Å². The third-order valence-corrected chi connectivity index (χ3v) is 3.53. The summed E-state index contributed by atoms with van der Waals surface area (Å²) < 4.78 is 0. The summed E-state index contributed by atoms with van der Waals surface area (Å²) in [5, 5.41) is 6.65. The van der Waals surface area contributed by atoms with E-state index in [1.807, 2.05) is 36.1 Å². The lowest BCUT2D eigenvalue weighted by Crippen LogP contribution is -2.48. The molecule has 0 radical (unpaired) electrons. The number of fused-ring (bicyclic) bond motifs is 1. The van der Waals surface area contributed by atoms with Crippen LogP contribution in [0.4, 0.5) is 11.4 Å². The molecule has 1 aliphatic heterocycles. The first-order chi connectivity index (χ1) is 9.26. The third-order valence-electron chi connectivity index (χ3n) is 3.53. The number of amides is 1. The minimum absolute atomic E-state index is 0.160. The van der Waals surface area contributed by atoms with Gasteiger partial charge in [0.05, 0.1) is 11.4 Å². The van der Waals surface area contributed by atoms with Crippen LogP contribution in [0.25, 0.3) is 0 Å². The number of carbonyl (C=O) groups excluding carboxylic acids is 1. The van der Waals surface area contributed by atoms with E-state index in [0.717, 1.165) is 37.3 Å². The number of unbranched alkanes of at least 4 members (excludes halogenated alkanes) is 1. The number of hydrogen-bond acceptors (Lipinski definition) is 3. The van der Waals surface area contributed by atoms with E-state index in [4.69, 9.17) is 0 Å². The van der Waals surface area contributed by atoms with Gasteiger partial charge < -0.3 is 15.5 Å². The number of benzene rings is 1. The molecule has 19 heavy (non-hydrogen) atoms. The highest BCUT2D eigenvalue weighted by molar-refractivity contribution is 5.88. The van der Waals surface area contributed by atoms with Crippen LogP contribution in [0.15, 0.2) is 24.3 Å². The molecule has 1 atom stereocenters. The summed E-state index contributed by atoms with van der Waals surface area (Å²) in [5.74, 6) is 0.193. The second kappa shape index (κ2) is 6.45. The monoisotopic (exact) mass is 261 g/mol. The predicted octanol–water partition coefficient (Wildman–Crippen LogP) is 2.54. The van der Waals surface area contributed by atoms with Crippen molar-refractivity contribution in [2.24, 2.45) is 0 Å². The van der Waals surface area contributed by atoms with E-state index < -0.39 is 0 Å². The quantitative estimate of drug-likeness (QED) is 0.856. The van der Waals surface area contributed by atoms with Gasteiger partial charge in [0.15, 0.2) is 0 Å². The summed E-state index contributed by atoms with van der Waals surface area (Å²) in [6.07, 6.45) is 2.18. The molecule has 4 heteroatoms. The van der Waals surface area contributed by atoms with E-state index in [1.54, 1.807) is 0 Å². The minimum Gasteiger partial charge on any atom is -0.381 e. The van der Waals surface area contributed by atoms with Crippen LogP contribution < -0.4 is 10.6 Å². The molecule has 1 amide bonds. The maximum absolute atomic E-state index is 12.5. The lowest BCUT2D eigenvalue weighted by Gasteiger charge is -2.31. The molecule has 1 aromatic carbocycles. The van der Waals surface area contributed by atoms with Crippen molar-refractivity contribution >= 4 is 17.3 Å². The zero-order chi connectivity index (χ0) is 13.7. The van der Waals surface area contributed by atoms with Crippen molar-refractivity contribution in [3.8, 4) is 0 Å². The highest BCUT2D eigenvalue weighted by Gasteiger charge is 2.26. The van der Waals surface area contributed by atoms with Gasteiger partial charge in [0.2, 0.25) is 5.91 Å². The van der Waals surface area contributed by atoms with E-state index >= 15 is 0 Å². The fraction of sp³-hybridized carbons (Fsp3) is 0.533. The Labute approximate surface area is 115 Å². The smallest absolute Gasteiger partial charge is 0.246 e. The Morgan fingerprint density at radius 3 is 2.74 bits per heavy atom. The van der Waals surface area contributed by atoms with Gasteiger partial charge >= 0.3 is 0 Å². The zero-order valence-electron chi connectivity index (χ0n) is 11.8. The summed E-state index contributed by atoms with van der Waals surface area (Å²) >= 11 is 0. The summed E-state index contributed by atoms with van der Waals surface area (Å²) in [4.78, 5) is 14.4. The maximum Gasteiger partial charge on any atom is 0.246 e. The highest BCUT2D eigenvalue weighted by Crippen LogP contribution is 2.25. The molecule has 104 valence electrons. The van der Waals surface area contributed by atoms with Crippen LogP contribution in [0.3, 0.4) is 0 Å². The van der Waals surface area contributed by atoms with Crippen molar-refractivity contribution in [1.82, 2.24) is 4.90 Å². The number of nitrogens with zero attached hydrogens (tertiary/aromatic N) is 1. The lowest BCUT2D eigenvalue weighted by atomic mass is 10.1. The van der Waals surface area contributed by atoms with Crippen molar-refractivity contribution in [2.75, 3.05) is 30.3 Å². The first kappa shape index (κ1) is 13.7. The van der Waals surface area contributed by atoms with E-state index in [9.17, 15) is 4.79 Å². The van der Waals surface area contributed by atoms with Crippen LogP contribution in [-0.4, -0.2) is 36.5 Å². The minimum atomic E-state index is -0.160. The Hall–Kier alpha value is -1.71. The number of nitrogens with one attached hydrogen (secondary N) is 2. The largest absolute Gasteiger partial charge is 0.381 e. The molecule has 0 saturated carbocycles. The molecule has 0 saturated heterocycles. The molecule has 1 aromatic rings. The molecular formula is C15H23N3O. The van der Waals surface area contributed by atoms with E-state index in [2.05, 4.69) is 17.6 Å². The number of rotatable bonds is 5. The number of anilines is 2. The number of hydrogen-bond donors (Lipinski definition) is 2.